The van der Waals surface area contributed by atoms with Crippen molar-refractivity contribution in [2.45, 2.75) is 25.9 Å². The summed E-state index contributed by atoms with van der Waals surface area (Å²) in [6.07, 6.45) is 0.603. The van der Waals surface area contributed by atoms with Gasteiger partial charge in [-0.25, -0.2) is 9.37 Å². The third-order valence-electron chi connectivity index (χ3n) is 4.91. The van der Waals surface area contributed by atoms with Gasteiger partial charge in [0.2, 0.25) is 0 Å². The number of imidazole rings is 1. The number of nitrogens with two attached hydrogens (primary N) is 1. The first-order valence-corrected chi connectivity index (χ1v) is 9.24. The lowest BCUT2D eigenvalue weighted by Crippen LogP contribution is -2.19. The zero-order valence-electron chi connectivity index (χ0n) is 15.6. The largest absolute Gasteiger partial charge is 0.508 e. The third kappa shape index (κ3) is 3.75. The Morgan fingerprint density at radius 2 is 1.68 bits per heavy atom. The minimum absolute atomic E-state index is 0.233. The molecule has 0 fully saturated rings. The number of halogens is 1. The van der Waals surface area contributed by atoms with Crippen LogP contribution in [0.1, 0.15) is 28.6 Å². The Kier molecular flexibility index (Phi) is 4.84. The number of nitrogens with zero attached hydrogens (tertiary/aromatic N) is 2. The minimum Gasteiger partial charge on any atom is -0.508 e. The van der Waals surface area contributed by atoms with E-state index in [4.69, 9.17) is 10.7 Å². The number of benzene rings is 3. The van der Waals surface area contributed by atoms with E-state index >= 15 is 0 Å². The molecule has 1 heterocycles. The number of phenolic OH excluding ortho intramolecular Hbond substituents is 1. The molecule has 0 aliphatic rings. The molecular weight excluding hydrogens is 353 g/mol. The van der Waals surface area contributed by atoms with E-state index in [1.54, 1.807) is 24.3 Å². The van der Waals surface area contributed by atoms with Gasteiger partial charge >= 0.3 is 0 Å². The average Bonchev–Trinajstić information content (AvgIpc) is 3.03. The van der Waals surface area contributed by atoms with Crippen LogP contribution in [-0.2, 0) is 13.0 Å². The lowest BCUT2D eigenvalue weighted by molar-refractivity contribution is 0.475. The maximum absolute atomic E-state index is 13.3. The molecule has 0 aliphatic heterocycles. The quantitative estimate of drug-likeness (QED) is 0.541. The molecule has 0 bridgehead atoms. The highest BCUT2D eigenvalue weighted by molar-refractivity contribution is 5.77. The monoisotopic (exact) mass is 375 g/mol. The number of aryl methyl sites for hydroxylation is 1. The molecule has 0 radical (unpaired) electrons. The lowest BCUT2D eigenvalue weighted by atomic mass is 10.1. The molecule has 28 heavy (non-hydrogen) atoms. The molecule has 4 nitrogen and oxygen atoms in total. The van der Waals surface area contributed by atoms with E-state index in [-0.39, 0.29) is 17.6 Å². The van der Waals surface area contributed by atoms with Crippen LogP contribution >= 0.6 is 0 Å². The van der Waals surface area contributed by atoms with Crippen LogP contribution in [0.15, 0.2) is 66.7 Å². The molecule has 4 rings (SSSR count). The third-order valence-corrected chi connectivity index (χ3v) is 4.91. The van der Waals surface area contributed by atoms with Gasteiger partial charge in [-0.1, -0.05) is 30.3 Å². The maximum Gasteiger partial charge on any atom is 0.127 e. The Bertz CT molecular complexity index is 1100. The van der Waals surface area contributed by atoms with Gasteiger partial charge < -0.3 is 15.4 Å². The van der Waals surface area contributed by atoms with Gasteiger partial charge in [0.15, 0.2) is 0 Å². The summed E-state index contributed by atoms with van der Waals surface area (Å²) in [6, 6.07) is 19.4. The van der Waals surface area contributed by atoms with Gasteiger partial charge in [-0.3, -0.25) is 0 Å². The predicted molar refractivity (Wildman–Crippen MR) is 109 cm³/mol. The molecular formula is C23H22FN3O. The summed E-state index contributed by atoms with van der Waals surface area (Å²) < 4.78 is 15.4. The van der Waals surface area contributed by atoms with Crippen LogP contribution in [0.2, 0.25) is 0 Å². The summed E-state index contributed by atoms with van der Waals surface area (Å²) >= 11 is 0. The molecule has 0 amide bonds. The highest BCUT2D eigenvalue weighted by Gasteiger charge is 2.18. The summed E-state index contributed by atoms with van der Waals surface area (Å²) in [4.78, 5) is 4.80. The summed E-state index contributed by atoms with van der Waals surface area (Å²) in [5.74, 6) is 0.772. The van der Waals surface area contributed by atoms with E-state index in [0.29, 0.717) is 13.0 Å². The van der Waals surface area contributed by atoms with Crippen molar-refractivity contribution in [1.29, 1.82) is 0 Å². The molecule has 4 aromatic rings. The van der Waals surface area contributed by atoms with Crippen molar-refractivity contribution in [3.63, 3.8) is 0 Å². The Labute approximate surface area is 163 Å². The van der Waals surface area contributed by atoms with Crippen molar-refractivity contribution in [2.24, 2.45) is 5.73 Å². The highest BCUT2D eigenvalue weighted by Crippen LogP contribution is 2.25. The molecule has 142 valence electrons. The summed E-state index contributed by atoms with van der Waals surface area (Å²) in [7, 11) is 0. The number of hydrogen-bond donors (Lipinski definition) is 2. The summed E-state index contributed by atoms with van der Waals surface area (Å²) in [6.45, 7) is 2.61. The lowest BCUT2D eigenvalue weighted by Gasteiger charge is -2.15. The zero-order chi connectivity index (χ0) is 19.7. The van der Waals surface area contributed by atoms with Gasteiger partial charge in [0.1, 0.15) is 17.4 Å². The minimum atomic E-state index is -0.308. The van der Waals surface area contributed by atoms with Crippen LogP contribution in [-0.4, -0.2) is 14.7 Å². The van der Waals surface area contributed by atoms with Crippen molar-refractivity contribution in [1.82, 2.24) is 9.55 Å². The number of phenols is 1. The molecule has 0 saturated heterocycles. The number of aromatic nitrogens is 2. The molecule has 1 aromatic heterocycles. The van der Waals surface area contributed by atoms with E-state index in [2.05, 4.69) is 10.6 Å². The fraction of sp³-hybridized carbons (Fsp3) is 0.174. The second-order valence-corrected chi connectivity index (χ2v) is 7.15. The van der Waals surface area contributed by atoms with Gasteiger partial charge in [-0.05, 0) is 66.4 Å². The van der Waals surface area contributed by atoms with E-state index in [1.165, 1.54) is 12.1 Å². The zero-order valence-corrected chi connectivity index (χ0v) is 15.6. The average molecular weight is 375 g/mol. The van der Waals surface area contributed by atoms with Crippen molar-refractivity contribution in [3.8, 4) is 5.75 Å². The maximum atomic E-state index is 13.3. The number of rotatable bonds is 5. The van der Waals surface area contributed by atoms with Crippen molar-refractivity contribution in [2.75, 3.05) is 0 Å². The van der Waals surface area contributed by atoms with Crippen molar-refractivity contribution in [3.05, 3.63) is 95.1 Å². The molecule has 3 aromatic carbocycles. The summed E-state index contributed by atoms with van der Waals surface area (Å²) in [5, 5.41) is 9.48. The van der Waals surface area contributed by atoms with E-state index in [0.717, 1.165) is 33.5 Å². The van der Waals surface area contributed by atoms with Crippen LogP contribution in [0.3, 0.4) is 0 Å². The fourth-order valence-corrected chi connectivity index (χ4v) is 3.45. The molecule has 5 heteroatoms. The van der Waals surface area contributed by atoms with Gasteiger partial charge in [-0.15, -0.1) is 0 Å². The molecule has 3 N–H and O–H groups in total. The van der Waals surface area contributed by atoms with Gasteiger partial charge in [0.25, 0.3) is 0 Å². The molecule has 0 unspecified atom stereocenters. The molecule has 1 atom stereocenters. The standard InChI is InChI=1S/C23H22FN3O/c1-15-2-11-21-22(12-15)27(14-17-3-7-18(24)8-4-17)23(26-21)20(25)13-16-5-9-19(28)10-6-16/h2-12,20,28H,13-14,25H2,1H3/t20-/m0/s1. The smallest absolute Gasteiger partial charge is 0.127 e. The Morgan fingerprint density at radius 1 is 1.00 bits per heavy atom. The van der Waals surface area contributed by atoms with Crippen LogP contribution in [0, 0.1) is 12.7 Å². The molecule has 0 spiro atoms. The summed E-state index contributed by atoms with van der Waals surface area (Å²) in [5.41, 5.74) is 11.6. The Hall–Kier alpha value is -3.18. The topological polar surface area (TPSA) is 64.1 Å². The highest BCUT2D eigenvalue weighted by atomic mass is 19.1. The molecule has 0 saturated carbocycles. The second-order valence-electron chi connectivity index (χ2n) is 7.15. The normalized spacial score (nSPS) is 12.4. The van der Waals surface area contributed by atoms with Crippen LogP contribution in [0.25, 0.3) is 11.0 Å². The van der Waals surface area contributed by atoms with E-state index in [1.807, 2.05) is 31.2 Å². The first-order valence-electron chi connectivity index (χ1n) is 9.24. The fourth-order valence-electron chi connectivity index (χ4n) is 3.45. The van der Waals surface area contributed by atoms with Gasteiger partial charge in [-0.2, -0.15) is 0 Å². The SMILES string of the molecule is Cc1ccc2nc([C@@H](N)Cc3ccc(O)cc3)n(Cc3ccc(F)cc3)c2c1. The van der Waals surface area contributed by atoms with Crippen molar-refractivity contribution >= 4 is 11.0 Å². The van der Waals surface area contributed by atoms with Crippen LogP contribution in [0.5, 0.6) is 5.75 Å². The van der Waals surface area contributed by atoms with E-state index < -0.39 is 0 Å². The first kappa shape index (κ1) is 18.2. The predicted octanol–water partition coefficient (Wildman–Crippen LogP) is 4.48. The van der Waals surface area contributed by atoms with Crippen LogP contribution in [0.4, 0.5) is 4.39 Å². The van der Waals surface area contributed by atoms with E-state index in [9.17, 15) is 9.50 Å². The van der Waals surface area contributed by atoms with Gasteiger partial charge in [0, 0.05) is 6.54 Å². The Morgan fingerprint density at radius 3 is 2.39 bits per heavy atom. The number of hydrogen-bond acceptors (Lipinski definition) is 3. The number of fused-ring (bicyclic) bond motifs is 1. The van der Waals surface area contributed by atoms with Gasteiger partial charge in [0.05, 0.1) is 17.1 Å². The number of aromatic hydroxyl groups is 1. The first-order chi connectivity index (χ1) is 13.5. The Balaban J connectivity index is 1.73. The second kappa shape index (κ2) is 7.44. The van der Waals surface area contributed by atoms with Crippen LogP contribution < -0.4 is 5.73 Å². The molecule has 0 aliphatic carbocycles. The van der Waals surface area contributed by atoms with Crippen molar-refractivity contribution < 1.29 is 9.50 Å².